The number of nitrogens with one attached hydrogen (secondary N) is 1. The number of thiazole rings is 1. The van der Waals surface area contributed by atoms with E-state index in [-0.39, 0.29) is 22.7 Å². The van der Waals surface area contributed by atoms with Gasteiger partial charge in [-0.05, 0) is 30.5 Å². The average Bonchev–Trinajstić information content (AvgIpc) is 3.34. The third-order valence-electron chi connectivity index (χ3n) is 5.00. The summed E-state index contributed by atoms with van der Waals surface area (Å²) in [5.41, 5.74) is 3.65. The summed E-state index contributed by atoms with van der Waals surface area (Å²) in [5, 5.41) is 5.35. The molecular formula is C22H22N2O3S3. The van der Waals surface area contributed by atoms with Gasteiger partial charge in [-0.25, -0.2) is 13.4 Å². The molecular weight excluding hydrogens is 436 g/mol. The summed E-state index contributed by atoms with van der Waals surface area (Å²) in [6.45, 7) is 2.12. The number of thioether (sulfide) groups is 1. The predicted molar refractivity (Wildman–Crippen MR) is 124 cm³/mol. The summed E-state index contributed by atoms with van der Waals surface area (Å²) in [5.74, 6) is 0.154. The van der Waals surface area contributed by atoms with E-state index in [0.717, 1.165) is 22.6 Å². The van der Waals surface area contributed by atoms with Gasteiger partial charge in [0.2, 0.25) is 0 Å². The van der Waals surface area contributed by atoms with E-state index < -0.39 is 9.84 Å². The maximum absolute atomic E-state index is 12.9. The fourth-order valence-electron chi connectivity index (χ4n) is 3.33. The smallest absolute Gasteiger partial charge is 0.258 e. The Kier molecular flexibility index (Phi) is 6.26. The van der Waals surface area contributed by atoms with Crippen LogP contribution in [0.15, 0.2) is 58.8 Å². The number of amides is 1. The summed E-state index contributed by atoms with van der Waals surface area (Å²) in [6, 6.07) is 15.6. The second-order valence-electron chi connectivity index (χ2n) is 7.18. The largest absolute Gasteiger partial charge is 0.298 e. The van der Waals surface area contributed by atoms with Crippen molar-refractivity contribution in [2.24, 2.45) is 0 Å². The van der Waals surface area contributed by atoms with Crippen LogP contribution in [-0.4, -0.2) is 36.1 Å². The van der Waals surface area contributed by atoms with Gasteiger partial charge in [0.25, 0.3) is 5.91 Å². The third-order valence-corrected chi connectivity index (χ3v) is 9.08. The highest BCUT2D eigenvalue weighted by Crippen LogP contribution is 2.33. The first kappa shape index (κ1) is 21.1. The first-order valence-electron chi connectivity index (χ1n) is 9.76. The molecule has 1 fully saturated rings. The minimum Gasteiger partial charge on any atom is -0.298 e. The zero-order valence-corrected chi connectivity index (χ0v) is 18.9. The molecule has 1 aliphatic rings. The first-order chi connectivity index (χ1) is 14.4. The molecule has 0 saturated carbocycles. The van der Waals surface area contributed by atoms with Crippen molar-refractivity contribution in [2.75, 3.05) is 16.8 Å². The third kappa shape index (κ3) is 4.94. The minimum atomic E-state index is -2.96. The molecule has 0 aliphatic carbocycles. The molecule has 3 aromatic rings. The van der Waals surface area contributed by atoms with Crippen molar-refractivity contribution in [3.05, 3.63) is 65.0 Å². The monoisotopic (exact) mass is 458 g/mol. The highest BCUT2D eigenvalue weighted by molar-refractivity contribution is 8.02. The molecule has 1 aliphatic heterocycles. The van der Waals surface area contributed by atoms with E-state index in [1.54, 1.807) is 6.07 Å². The van der Waals surface area contributed by atoms with Gasteiger partial charge in [-0.3, -0.25) is 10.1 Å². The number of sulfone groups is 1. The van der Waals surface area contributed by atoms with E-state index >= 15 is 0 Å². The van der Waals surface area contributed by atoms with E-state index in [2.05, 4.69) is 29.4 Å². The molecule has 0 spiro atoms. The van der Waals surface area contributed by atoms with Crippen LogP contribution < -0.4 is 5.32 Å². The van der Waals surface area contributed by atoms with Crippen molar-refractivity contribution < 1.29 is 13.2 Å². The van der Waals surface area contributed by atoms with E-state index in [4.69, 9.17) is 0 Å². The fraction of sp³-hybridized carbons (Fsp3) is 0.273. The van der Waals surface area contributed by atoms with Crippen molar-refractivity contribution in [1.82, 2.24) is 4.98 Å². The van der Waals surface area contributed by atoms with E-state index in [1.165, 1.54) is 28.7 Å². The predicted octanol–water partition coefficient (Wildman–Crippen LogP) is 4.90. The lowest BCUT2D eigenvalue weighted by Gasteiger charge is -2.12. The van der Waals surface area contributed by atoms with Crippen LogP contribution in [0.25, 0.3) is 11.3 Å². The van der Waals surface area contributed by atoms with Crippen LogP contribution in [0.5, 0.6) is 0 Å². The summed E-state index contributed by atoms with van der Waals surface area (Å²) < 4.78 is 23.5. The summed E-state index contributed by atoms with van der Waals surface area (Å²) in [7, 11) is -2.96. The van der Waals surface area contributed by atoms with Gasteiger partial charge in [-0.15, -0.1) is 23.1 Å². The molecule has 2 heterocycles. The topological polar surface area (TPSA) is 76.1 Å². The quantitative estimate of drug-likeness (QED) is 0.568. The van der Waals surface area contributed by atoms with Gasteiger partial charge < -0.3 is 0 Å². The van der Waals surface area contributed by atoms with E-state index in [0.29, 0.717) is 17.1 Å². The zero-order valence-electron chi connectivity index (χ0n) is 16.5. The maximum atomic E-state index is 12.9. The summed E-state index contributed by atoms with van der Waals surface area (Å²) in [4.78, 5) is 18.2. The SMILES string of the molecule is CCc1ccc(-c2csc(NC(=O)c3ccccc3S[C@@H]3CCS(=O)(=O)C3)n2)cc1. The minimum absolute atomic E-state index is 0.0125. The average molecular weight is 459 g/mol. The van der Waals surface area contributed by atoms with Crippen molar-refractivity contribution in [3.63, 3.8) is 0 Å². The number of hydrogen-bond donors (Lipinski definition) is 1. The van der Waals surface area contributed by atoms with Gasteiger partial charge in [0.05, 0.1) is 22.8 Å². The van der Waals surface area contributed by atoms with Gasteiger partial charge in [0.15, 0.2) is 15.0 Å². The lowest BCUT2D eigenvalue weighted by molar-refractivity contribution is 0.102. The molecule has 1 saturated heterocycles. The van der Waals surface area contributed by atoms with E-state index in [1.807, 2.05) is 35.7 Å². The van der Waals surface area contributed by atoms with Crippen molar-refractivity contribution >= 4 is 44.0 Å². The van der Waals surface area contributed by atoms with Crippen LogP contribution in [-0.2, 0) is 16.3 Å². The Morgan fingerprint density at radius 3 is 2.67 bits per heavy atom. The highest BCUT2D eigenvalue weighted by Gasteiger charge is 2.29. The Labute approximate surface area is 184 Å². The molecule has 2 aromatic carbocycles. The van der Waals surface area contributed by atoms with Gasteiger partial charge in [0.1, 0.15) is 0 Å². The number of carbonyl (C=O) groups is 1. The Bertz CT molecular complexity index is 1150. The molecule has 5 nitrogen and oxygen atoms in total. The molecule has 8 heteroatoms. The van der Waals surface area contributed by atoms with Crippen molar-refractivity contribution in [1.29, 1.82) is 0 Å². The summed E-state index contributed by atoms with van der Waals surface area (Å²) in [6.07, 6.45) is 1.61. The molecule has 1 atom stereocenters. The Hall–Kier alpha value is -2.16. The lowest BCUT2D eigenvalue weighted by Crippen LogP contribution is -2.14. The number of benzene rings is 2. The van der Waals surface area contributed by atoms with Crippen LogP contribution in [0.4, 0.5) is 5.13 Å². The first-order valence-corrected chi connectivity index (χ1v) is 13.3. The van der Waals surface area contributed by atoms with Crippen LogP contribution >= 0.6 is 23.1 Å². The van der Waals surface area contributed by atoms with Crippen LogP contribution in [0, 0.1) is 0 Å². The molecule has 0 radical (unpaired) electrons. The normalized spacial score (nSPS) is 17.7. The molecule has 1 N–H and O–H groups in total. The van der Waals surface area contributed by atoms with Gasteiger partial charge >= 0.3 is 0 Å². The van der Waals surface area contributed by atoms with Crippen LogP contribution in [0.1, 0.15) is 29.3 Å². The second kappa shape index (κ2) is 8.91. The standard InChI is InChI=1S/C22H22N2O3S3/c1-2-15-7-9-16(10-8-15)19-13-28-22(23-19)24-21(25)18-5-3-4-6-20(18)29-17-11-12-30(26,27)14-17/h3-10,13,17H,2,11-12,14H2,1H3,(H,23,24,25)/t17-/m1/s1. The fourth-order valence-corrected chi connectivity index (χ4v) is 7.67. The van der Waals surface area contributed by atoms with Crippen molar-refractivity contribution in [2.45, 2.75) is 29.9 Å². The molecule has 1 aromatic heterocycles. The summed E-state index contributed by atoms with van der Waals surface area (Å²) >= 11 is 2.85. The number of anilines is 1. The zero-order chi connectivity index (χ0) is 21.1. The molecule has 156 valence electrons. The molecule has 1 amide bonds. The molecule has 0 bridgehead atoms. The molecule has 30 heavy (non-hydrogen) atoms. The Morgan fingerprint density at radius 1 is 1.20 bits per heavy atom. The maximum Gasteiger partial charge on any atom is 0.258 e. The van der Waals surface area contributed by atoms with Crippen molar-refractivity contribution in [3.8, 4) is 11.3 Å². The number of aryl methyl sites for hydroxylation is 1. The number of carbonyl (C=O) groups excluding carboxylic acids is 1. The van der Waals surface area contributed by atoms with Crippen LogP contribution in [0.2, 0.25) is 0 Å². The molecule has 4 rings (SSSR count). The number of rotatable bonds is 6. The Morgan fingerprint density at radius 2 is 1.97 bits per heavy atom. The van der Waals surface area contributed by atoms with Crippen LogP contribution in [0.3, 0.4) is 0 Å². The number of nitrogens with zero attached hydrogens (tertiary/aromatic N) is 1. The molecule has 0 unspecified atom stereocenters. The van der Waals surface area contributed by atoms with Gasteiger partial charge in [-0.2, -0.15) is 0 Å². The lowest BCUT2D eigenvalue weighted by atomic mass is 10.1. The highest BCUT2D eigenvalue weighted by atomic mass is 32.2. The second-order valence-corrected chi connectivity index (χ2v) is 11.6. The number of hydrogen-bond acceptors (Lipinski definition) is 6. The van der Waals surface area contributed by atoms with E-state index in [9.17, 15) is 13.2 Å². The Balaban J connectivity index is 1.47. The van der Waals surface area contributed by atoms with Gasteiger partial charge in [-0.1, -0.05) is 43.3 Å². The van der Waals surface area contributed by atoms with Gasteiger partial charge in [0, 0.05) is 21.1 Å². The number of aromatic nitrogens is 1.